The van der Waals surface area contributed by atoms with Gasteiger partial charge in [-0.25, -0.2) is 0 Å². The molecule has 2 aromatic rings. The number of benzene rings is 2. The van der Waals surface area contributed by atoms with E-state index in [1.807, 2.05) is 60.7 Å². The fourth-order valence-corrected chi connectivity index (χ4v) is 2.83. The first-order chi connectivity index (χ1) is 12.2. The number of rotatable bonds is 8. The van der Waals surface area contributed by atoms with Gasteiger partial charge in [-0.3, -0.25) is 0 Å². The van der Waals surface area contributed by atoms with Crippen molar-refractivity contribution < 1.29 is 24.4 Å². The maximum atomic E-state index is 9.73. The largest absolute Gasteiger partial charge is 0.388 e. The summed E-state index contributed by atoms with van der Waals surface area (Å²) >= 11 is 0. The fourth-order valence-electron chi connectivity index (χ4n) is 2.83. The summed E-state index contributed by atoms with van der Waals surface area (Å²) in [4.78, 5) is 0. The van der Waals surface area contributed by atoms with Crippen molar-refractivity contribution in [2.45, 2.75) is 44.2 Å². The van der Waals surface area contributed by atoms with Crippen LogP contribution in [0.3, 0.4) is 0 Å². The summed E-state index contributed by atoms with van der Waals surface area (Å²) in [5.74, 6) is 0. The van der Waals surface area contributed by atoms with E-state index in [1.165, 1.54) is 0 Å². The van der Waals surface area contributed by atoms with Crippen LogP contribution >= 0.6 is 0 Å². The van der Waals surface area contributed by atoms with Gasteiger partial charge in [0.05, 0.1) is 25.9 Å². The Bertz CT molecular complexity index is 608. The Labute approximate surface area is 147 Å². The summed E-state index contributed by atoms with van der Waals surface area (Å²) < 4.78 is 17.2. The van der Waals surface area contributed by atoms with E-state index in [-0.39, 0.29) is 6.10 Å². The van der Waals surface area contributed by atoms with Gasteiger partial charge in [-0.1, -0.05) is 60.7 Å². The van der Waals surface area contributed by atoms with Crippen LogP contribution < -0.4 is 0 Å². The van der Waals surface area contributed by atoms with Gasteiger partial charge in [-0.05, 0) is 11.1 Å². The molecule has 3 rings (SSSR count). The molecular weight excluding hydrogens is 320 g/mol. The molecule has 2 N–H and O–H groups in total. The van der Waals surface area contributed by atoms with Crippen LogP contribution in [0.15, 0.2) is 60.7 Å². The van der Waals surface area contributed by atoms with Crippen molar-refractivity contribution in [3.05, 3.63) is 71.8 Å². The Morgan fingerprint density at radius 3 is 2.08 bits per heavy atom. The zero-order valence-corrected chi connectivity index (χ0v) is 14.0. The zero-order valence-electron chi connectivity index (χ0n) is 14.0. The molecule has 1 heterocycles. The summed E-state index contributed by atoms with van der Waals surface area (Å²) in [5, 5.41) is 19.4. The highest BCUT2D eigenvalue weighted by Crippen LogP contribution is 2.24. The summed E-state index contributed by atoms with van der Waals surface area (Å²) in [5.41, 5.74) is 2.13. The van der Waals surface area contributed by atoms with E-state index in [9.17, 15) is 10.2 Å². The van der Waals surface area contributed by atoms with Crippen molar-refractivity contribution >= 4 is 0 Å². The molecule has 0 saturated carbocycles. The molecular formula is C20H24O5. The molecule has 0 bridgehead atoms. The molecule has 0 spiro atoms. The maximum absolute atomic E-state index is 9.73. The van der Waals surface area contributed by atoms with Gasteiger partial charge in [0.2, 0.25) is 0 Å². The Balaban J connectivity index is 1.56. The second-order valence-corrected chi connectivity index (χ2v) is 6.20. The molecule has 0 aliphatic carbocycles. The number of ether oxygens (including phenoxy) is 3. The summed E-state index contributed by atoms with van der Waals surface area (Å²) in [6.45, 7) is 1.22. The van der Waals surface area contributed by atoms with Gasteiger partial charge in [0, 0.05) is 6.42 Å². The third-order valence-corrected chi connectivity index (χ3v) is 4.23. The number of hydrogen-bond donors (Lipinski definition) is 2. The molecule has 1 aliphatic rings. The molecule has 5 heteroatoms. The molecule has 1 fully saturated rings. The minimum atomic E-state index is -1.16. The first-order valence-corrected chi connectivity index (χ1v) is 8.51. The van der Waals surface area contributed by atoms with E-state index in [0.29, 0.717) is 26.2 Å². The SMILES string of the molecule is O[C@@H]1C[C@H]([C@@H](COCc2ccccc2)OCc2ccccc2)O[C@H]1O. The lowest BCUT2D eigenvalue weighted by molar-refractivity contribution is -0.165. The monoisotopic (exact) mass is 344 g/mol. The van der Waals surface area contributed by atoms with Crippen LogP contribution in [-0.4, -0.2) is 41.4 Å². The molecule has 0 amide bonds. The van der Waals surface area contributed by atoms with Crippen molar-refractivity contribution in [2.75, 3.05) is 6.61 Å². The third kappa shape index (κ3) is 5.36. The predicted octanol–water partition coefficient (Wildman–Crippen LogP) is 2.26. The molecule has 0 radical (unpaired) electrons. The molecule has 25 heavy (non-hydrogen) atoms. The van der Waals surface area contributed by atoms with E-state index in [1.54, 1.807) is 0 Å². The second kappa shape index (κ2) is 9.08. The molecule has 4 atom stereocenters. The molecule has 0 aromatic heterocycles. The van der Waals surface area contributed by atoms with E-state index < -0.39 is 18.5 Å². The highest BCUT2D eigenvalue weighted by atomic mass is 16.6. The molecule has 2 aromatic carbocycles. The van der Waals surface area contributed by atoms with Gasteiger partial charge in [0.15, 0.2) is 6.29 Å². The minimum Gasteiger partial charge on any atom is -0.388 e. The topological polar surface area (TPSA) is 68.2 Å². The minimum absolute atomic E-state index is 0.325. The Kier molecular flexibility index (Phi) is 6.55. The van der Waals surface area contributed by atoms with Crippen molar-refractivity contribution in [1.82, 2.24) is 0 Å². The Morgan fingerprint density at radius 2 is 1.52 bits per heavy atom. The van der Waals surface area contributed by atoms with Crippen LogP contribution in [0.5, 0.6) is 0 Å². The zero-order chi connectivity index (χ0) is 17.5. The van der Waals surface area contributed by atoms with E-state index in [4.69, 9.17) is 14.2 Å². The third-order valence-electron chi connectivity index (χ3n) is 4.23. The quantitative estimate of drug-likeness (QED) is 0.769. The maximum Gasteiger partial charge on any atom is 0.181 e. The van der Waals surface area contributed by atoms with Crippen molar-refractivity contribution in [2.24, 2.45) is 0 Å². The van der Waals surface area contributed by atoms with Crippen LogP contribution in [0.2, 0.25) is 0 Å². The standard InChI is InChI=1S/C20H24O5/c21-17-11-18(25-20(17)22)19(24-13-16-9-5-2-6-10-16)14-23-12-15-7-3-1-4-8-15/h1-10,17-22H,11-14H2/t17-,18-,19-,20-/m1/s1. The number of aliphatic hydroxyl groups excluding tert-OH is 2. The van der Waals surface area contributed by atoms with Gasteiger partial charge in [-0.15, -0.1) is 0 Å². The van der Waals surface area contributed by atoms with Crippen LogP contribution in [0.4, 0.5) is 0 Å². The van der Waals surface area contributed by atoms with Crippen molar-refractivity contribution in [1.29, 1.82) is 0 Å². The van der Waals surface area contributed by atoms with Gasteiger partial charge in [0.25, 0.3) is 0 Å². The van der Waals surface area contributed by atoms with Crippen LogP contribution in [0.1, 0.15) is 17.5 Å². The summed E-state index contributed by atoms with van der Waals surface area (Å²) in [6, 6.07) is 19.7. The van der Waals surface area contributed by atoms with Crippen LogP contribution in [0, 0.1) is 0 Å². The van der Waals surface area contributed by atoms with Crippen LogP contribution in [0.25, 0.3) is 0 Å². The molecule has 5 nitrogen and oxygen atoms in total. The van der Waals surface area contributed by atoms with Gasteiger partial charge in [-0.2, -0.15) is 0 Å². The Hall–Kier alpha value is -1.76. The first-order valence-electron chi connectivity index (χ1n) is 8.51. The summed E-state index contributed by atoms with van der Waals surface area (Å²) in [7, 11) is 0. The first kappa shape index (κ1) is 18.0. The van der Waals surface area contributed by atoms with Gasteiger partial charge in [0.1, 0.15) is 12.2 Å². The van der Waals surface area contributed by atoms with Crippen molar-refractivity contribution in [3.63, 3.8) is 0 Å². The summed E-state index contributed by atoms with van der Waals surface area (Å²) in [6.07, 6.45) is -2.49. The highest BCUT2D eigenvalue weighted by molar-refractivity contribution is 5.14. The molecule has 1 aliphatic heterocycles. The molecule has 0 unspecified atom stereocenters. The second-order valence-electron chi connectivity index (χ2n) is 6.20. The normalized spacial score (nSPS) is 24.3. The lowest BCUT2D eigenvalue weighted by Crippen LogP contribution is -2.33. The van der Waals surface area contributed by atoms with E-state index in [0.717, 1.165) is 11.1 Å². The fraction of sp³-hybridized carbons (Fsp3) is 0.400. The van der Waals surface area contributed by atoms with Gasteiger partial charge < -0.3 is 24.4 Å². The van der Waals surface area contributed by atoms with Crippen LogP contribution in [-0.2, 0) is 27.4 Å². The van der Waals surface area contributed by atoms with E-state index in [2.05, 4.69) is 0 Å². The lowest BCUT2D eigenvalue weighted by Gasteiger charge is -2.23. The molecule has 134 valence electrons. The number of aliphatic hydroxyl groups is 2. The smallest absolute Gasteiger partial charge is 0.181 e. The van der Waals surface area contributed by atoms with E-state index >= 15 is 0 Å². The Morgan fingerprint density at radius 1 is 0.920 bits per heavy atom. The average molecular weight is 344 g/mol. The number of hydrogen-bond acceptors (Lipinski definition) is 5. The highest BCUT2D eigenvalue weighted by Gasteiger charge is 2.37. The van der Waals surface area contributed by atoms with Gasteiger partial charge >= 0.3 is 0 Å². The predicted molar refractivity (Wildman–Crippen MR) is 92.6 cm³/mol. The van der Waals surface area contributed by atoms with Crippen molar-refractivity contribution in [3.8, 4) is 0 Å². The average Bonchev–Trinajstić information content (AvgIpc) is 2.98. The molecule has 1 saturated heterocycles. The lowest BCUT2D eigenvalue weighted by atomic mass is 10.1.